The maximum absolute atomic E-state index is 5.81. The maximum Gasteiger partial charge on any atom is 0.129 e. The first-order valence-electron chi connectivity index (χ1n) is 10.5. The summed E-state index contributed by atoms with van der Waals surface area (Å²) in [4.78, 5) is 13.8. The lowest BCUT2D eigenvalue weighted by molar-refractivity contribution is 0.410. The predicted octanol–water partition coefficient (Wildman–Crippen LogP) is 5.58. The molecule has 6 heteroatoms. The fourth-order valence-electron chi connectivity index (χ4n) is 4.42. The Morgan fingerprint density at radius 2 is 1.66 bits per heavy atom. The van der Waals surface area contributed by atoms with Gasteiger partial charge in [0.05, 0.1) is 37.5 Å². The van der Waals surface area contributed by atoms with Gasteiger partial charge in [-0.1, -0.05) is 30.3 Å². The second-order valence-electron chi connectivity index (χ2n) is 7.75. The van der Waals surface area contributed by atoms with E-state index in [1.165, 1.54) is 5.56 Å². The molecule has 0 saturated carbocycles. The average Bonchev–Trinajstić information content (AvgIpc) is 3.19. The third-order valence-corrected chi connectivity index (χ3v) is 5.97. The highest BCUT2D eigenvalue weighted by Crippen LogP contribution is 2.40. The van der Waals surface area contributed by atoms with Crippen LogP contribution in [0.3, 0.4) is 0 Å². The van der Waals surface area contributed by atoms with E-state index in [9.17, 15) is 0 Å². The fraction of sp³-hybridized carbons (Fsp3) is 0.192. The third kappa shape index (κ3) is 3.15. The van der Waals surface area contributed by atoms with E-state index in [1.807, 2.05) is 37.4 Å². The number of benzene rings is 2. The summed E-state index contributed by atoms with van der Waals surface area (Å²) in [5.74, 6) is 2.41. The largest absolute Gasteiger partial charge is 0.496 e. The fourth-order valence-corrected chi connectivity index (χ4v) is 4.42. The Labute approximate surface area is 186 Å². The molecule has 0 bridgehead atoms. The monoisotopic (exact) mass is 424 g/mol. The topological polar surface area (TPSA) is 62.1 Å². The van der Waals surface area contributed by atoms with Gasteiger partial charge in [0.1, 0.15) is 22.8 Å². The Bertz CT molecular complexity index is 1430. The smallest absolute Gasteiger partial charge is 0.129 e. The highest BCUT2D eigenvalue weighted by atomic mass is 16.5. The zero-order valence-corrected chi connectivity index (χ0v) is 18.5. The highest BCUT2D eigenvalue weighted by molar-refractivity contribution is 6.05. The van der Waals surface area contributed by atoms with Crippen LogP contribution in [0, 0.1) is 6.92 Å². The lowest BCUT2D eigenvalue weighted by Gasteiger charge is -2.18. The molecule has 2 aromatic carbocycles. The van der Waals surface area contributed by atoms with Gasteiger partial charge >= 0.3 is 0 Å². The van der Waals surface area contributed by atoms with E-state index in [1.54, 1.807) is 26.6 Å². The number of fused-ring (bicyclic) bond motifs is 3. The molecular formula is C26H24N4O2. The first kappa shape index (κ1) is 20.0. The Hall–Kier alpha value is -3.93. The lowest BCUT2D eigenvalue weighted by Crippen LogP contribution is -2.08. The van der Waals surface area contributed by atoms with Crippen molar-refractivity contribution in [3.63, 3.8) is 0 Å². The molecule has 0 unspecified atom stereocenters. The number of nitrogens with zero attached hydrogens (tertiary/aromatic N) is 4. The molecule has 0 aliphatic rings. The van der Waals surface area contributed by atoms with E-state index in [2.05, 4.69) is 40.7 Å². The molecule has 0 aliphatic carbocycles. The van der Waals surface area contributed by atoms with Gasteiger partial charge in [0.15, 0.2) is 0 Å². The zero-order valence-electron chi connectivity index (χ0n) is 18.5. The number of rotatable bonds is 5. The van der Waals surface area contributed by atoms with Crippen molar-refractivity contribution in [3.8, 4) is 22.6 Å². The minimum absolute atomic E-state index is 0.121. The van der Waals surface area contributed by atoms with Crippen LogP contribution in [0.15, 0.2) is 67.1 Å². The molecule has 3 heterocycles. The molecule has 0 saturated heterocycles. The molecule has 0 spiro atoms. The van der Waals surface area contributed by atoms with Gasteiger partial charge in [-0.25, -0.2) is 4.98 Å². The average molecular weight is 425 g/mol. The van der Waals surface area contributed by atoms with Crippen LogP contribution in [-0.2, 0) is 0 Å². The normalized spacial score (nSPS) is 12.2. The van der Waals surface area contributed by atoms with Gasteiger partial charge in [0.25, 0.3) is 0 Å². The lowest BCUT2D eigenvalue weighted by atomic mass is 10.0. The third-order valence-electron chi connectivity index (χ3n) is 5.97. The second kappa shape index (κ2) is 7.96. The Balaban J connectivity index is 1.79. The molecule has 5 aromatic rings. The molecule has 0 amide bonds. The molecular weight excluding hydrogens is 400 g/mol. The van der Waals surface area contributed by atoms with Gasteiger partial charge < -0.3 is 14.0 Å². The number of aromatic nitrogens is 4. The Morgan fingerprint density at radius 1 is 0.875 bits per heavy atom. The minimum atomic E-state index is 0.121. The summed E-state index contributed by atoms with van der Waals surface area (Å²) in [7, 11) is 3.33. The summed E-state index contributed by atoms with van der Waals surface area (Å²) in [6, 6.07) is 16.5. The van der Waals surface area contributed by atoms with Gasteiger partial charge in [-0.15, -0.1) is 0 Å². The van der Waals surface area contributed by atoms with Gasteiger partial charge in [-0.3, -0.25) is 9.97 Å². The molecule has 0 aliphatic heterocycles. The predicted molar refractivity (Wildman–Crippen MR) is 126 cm³/mol. The molecule has 0 fully saturated rings. The summed E-state index contributed by atoms with van der Waals surface area (Å²) >= 11 is 0. The number of ether oxygens (including phenoxy) is 2. The Kier molecular flexibility index (Phi) is 4.98. The van der Waals surface area contributed by atoms with E-state index < -0.39 is 0 Å². The van der Waals surface area contributed by atoms with Crippen molar-refractivity contribution in [2.75, 3.05) is 14.2 Å². The maximum atomic E-state index is 5.81. The minimum Gasteiger partial charge on any atom is -0.496 e. The first-order chi connectivity index (χ1) is 15.6. The summed E-state index contributed by atoms with van der Waals surface area (Å²) in [6.45, 7) is 4.24. The van der Waals surface area contributed by atoms with Crippen molar-refractivity contribution in [2.24, 2.45) is 0 Å². The number of hydrogen-bond donors (Lipinski definition) is 0. The van der Waals surface area contributed by atoms with Crippen molar-refractivity contribution >= 4 is 21.9 Å². The van der Waals surface area contributed by atoms with Gasteiger partial charge in [-0.05, 0) is 37.6 Å². The first-order valence-corrected chi connectivity index (χ1v) is 10.5. The molecule has 32 heavy (non-hydrogen) atoms. The van der Waals surface area contributed by atoms with Crippen molar-refractivity contribution in [3.05, 3.63) is 78.5 Å². The number of methoxy groups -OCH3 is 2. The number of hydrogen-bond acceptors (Lipinski definition) is 5. The summed E-state index contributed by atoms with van der Waals surface area (Å²) in [5, 5.41) is 0.995. The highest BCUT2D eigenvalue weighted by Gasteiger charge is 2.20. The van der Waals surface area contributed by atoms with Crippen LogP contribution in [0.2, 0.25) is 0 Å². The molecule has 3 aromatic heterocycles. The van der Waals surface area contributed by atoms with Gasteiger partial charge in [-0.2, -0.15) is 0 Å². The molecule has 0 N–H and O–H groups in total. The standard InChI is InChI=1S/C26H24N4O2/c1-16(18-8-6-5-7-9-18)30-17(2)29-23-15-28-22-12-19(21-14-27-11-10-24(21)31-3)25(32-4)13-20(22)26(23)30/h5-16H,1-4H3/t16-/m0/s1. The summed E-state index contributed by atoms with van der Waals surface area (Å²) in [5.41, 5.74) is 5.75. The van der Waals surface area contributed by atoms with E-state index in [0.29, 0.717) is 0 Å². The Morgan fingerprint density at radius 3 is 2.41 bits per heavy atom. The van der Waals surface area contributed by atoms with Crippen LogP contribution in [-0.4, -0.2) is 33.7 Å². The summed E-state index contributed by atoms with van der Waals surface area (Å²) in [6.07, 6.45) is 5.34. The van der Waals surface area contributed by atoms with E-state index in [-0.39, 0.29) is 6.04 Å². The van der Waals surface area contributed by atoms with Crippen LogP contribution in [0.5, 0.6) is 11.5 Å². The van der Waals surface area contributed by atoms with Crippen LogP contribution in [0.25, 0.3) is 33.1 Å². The van der Waals surface area contributed by atoms with Crippen LogP contribution in [0.4, 0.5) is 0 Å². The number of imidazole rings is 1. The van der Waals surface area contributed by atoms with Crippen molar-refractivity contribution in [1.82, 2.24) is 19.5 Å². The van der Waals surface area contributed by atoms with Crippen molar-refractivity contribution < 1.29 is 9.47 Å². The van der Waals surface area contributed by atoms with E-state index in [4.69, 9.17) is 19.4 Å². The molecule has 0 radical (unpaired) electrons. The van der Waals surface area contributed by atoms with Gasteiger partial charge in [0.2, 0.25) is 0 Å². The molecule has 6 nitrogen and oxygen atoms in total. The summed E-state index contributed by atoms with van der Waals surface area (Å²) < 4.78 is 13.6. The van der Waals surface area contributed by atoms with Crippen LogP contribution >= 0.6 is 0 Å². The quantitative estimate of drug-likeness (QED) is 0.368. The van der Waals surface area contributed by atoms with Crippen molar-refractivity contribution in [1.29, 1.82) is 0 Å². The van der Waals surface area contributed by atoms with Crippen LogP contribution < -0.4 is 9.47 Å². The number of pyridine rings is 2. The van der Waals surface area contributed by atoms with E-state index in [0.717, 1.165) is 50.4 Å². The molecule has 5 rings (SSSR count). The SMILES string of the molecule is COc1ccncc1-c1cc2ncc3nc(C)n([C@@H](C)c4ccccc4)c3c2cc1OC. The van der Waals surface area contributed by atoms with Crippen LogP contribution in [0.1, 0.15) is 24.4 Å². The zero-order chi connectivity index (χ0) is 22.2. The number of aryl methyl sites for hydroxylation is 1. The molecule has 160 valence electrons. The van der Waals surface area contributed by atoms with Crippen molar-refractivity contribution in [2.45, 2.75) is 19.9 Å². The second-order valence-corrected chi connectivity index (χ2v) is 7.75. The van der Waals surface area contributed by atoms with E-state index >= 15 is 0 Å². The molecule has 1 atom stereocenters. The van der Waals surface area contributed by atoms with Gasteiger partial charge in [0, 0.05) is 28.9 Å².